The number of fused-ring (bicyclic) bond motifs is 1. The predicted octanol–water partition coefficient (Wildman–Crippen LogP) is 2.05. The lowest BCUT2D eigenvalue weighted by Gasteiger charge is -2.10. The van der Waals surface area contributed by atoms with Crippen LogP contribution in [-0.2, 0) is 11.3 Å². The first-order chi connectivity index (χ1) is 11.0. The van der Waals surface area contributed by atoms with Gasteiger partial charge in [-0.2, -0.15) is 5.10 Å². The molecule has 0 unspecified atom stereocenters. The summed E-state index contributed by atoms with van der Waals surface area (Å²) in [6.45, 7) is 3.76. The fourth-order valence-corrected chi connectivity index (χ4v) is 2.40. The van der Waals surface area contributed by atoms with Gasteiger partial charge in [-0.15, -0.1) is 0 Å². The Morgan fingerprint density at radius 2 is 2.09 bits per heavy atom. The highest BCUT2D eigenvalue weighted by Gasteiger charge is 2.10. The topological polar surface area (TPSA) is 76.9 Å². The van der Waals surface area contributed by atoms with E-state index in [1.54, 1.807) is 18.3 Å². The molecular weight excluding hydrogens is 292 g/mol. The molecule has 2 heterocycles. The minimum atomic E-state index is -0.376. The monoisotopic (exact) mass is 308 g/mol. The SMILES string of the molecule is Cc1ccc(NC(=O)Cn2ncc3cccnc3c2=O)c(C)c1. The Kier molecular flexibility index (Phi) is 3.89. The molecule has 0 spiro atoms. The second-order valence-electron chi connectivity index (χ2n) is 5.42. The van der Waals surface area contributed by atoms with E-state index in [9.17, 15) is 9.59 Å². The largest absolute Gasteiger partial charge is 0.324 e. The molecule has 6 heteroatoms. The zero-order valence-corrected chi connectivity index (χ0v) is 12.9. The van der Waals surface area contributed by atoms with Crippen LogP contribution in [0, 0.1) is 13.8 Å². The first kappa shape index (κ1) is 14.9. The third-order valence-corrected chi connectivity index (χ3v) is 3.56. The number of amides is 1. The van der Waals surface area contributed by atoms with E-state index in [1.807, 2.05) is 32.0 Å². The first-order valence-electron chi connectivity index (χ1n) is 7.22. The molecule has 0 aliphatic carbocycles. The molecule has 3 rings (SSSR count). The minimum absolute atomic E-state index is 0.154. The molecule has 1 amide bonds. The molecule has 0 saturated carbocycles. The molecule has 0 saturated heterocycles. The Morgan fingerprint density at radius 1 is 1.26 bits per heavy atom. The Bertz CT molecular complexity index is 947. The third-order valence-electron chi connectivity index (χ3n) is 3.56. The fourth-order valence-electron chi connectivity index (χ4n) is 2.40. The number of anilines is 1. The summed E-state index contributed by atoms with van der Waals surface area (Å²) in [7, 11) is 0. The summed E-state index contributed by atoms with van der Waals surface area (Å²) in [5.41, 5.74) is 2.76. The fraction of sp³-hybridized carbons (Fsp3) is 0.176. The lowest BCUT2D eigenvalue weighted by atomic mass is 10.1. The second-order valence-corrected chi connectivity index (χ2v) is 5.42. The number of benzene rings is 1. The standard InChI is InChI=1S/C17H16N4O2/c1-11-5-6-14(12(2)8-11)20-15(22)10-21-17(23)16-13(9-19-21)4-3-7-18-16/h3-9H,10H2,1-2H3,(H,20,22). The van der Waals surface area contributed by atoms with E-state index in [-0.39, 0.29) is 18.0 Å². The number of rotatable bonds is 3. The van der Waals surface area contributed by atoms with Crippen molar-refractivity contribution in [1.29, 1.82) is 0 Å². The highest BCUT2D eigenvalue weighted by Crippen LogP contribution is 2.15. The molecule has 1 aromatic carbocycles. The second kappa shape index (κ2) is 6.00. The van der Waals surface area contributed by atoms with Crippen LogP contribution in [-0.4, -0.2) is 20.7 Å². The number of pyridine rings is 1. The molecule has 116 valence electrons. The Balaban J connectivity index is 1.83. The molecule has 0 aliphatic heterocycles. The average Bonchev–Trinajstić information content (AvgIpc) is 2.53. The summed E-state index contributed by atoms with van der Waals surface area (Å²) in [5, 5.41) is 7.49. The van der Waals surface area contributed by atoms with E-state index in [1.165, 1.54) is 6.20 Å². The van der Waals surface area contributed by atoms with Gasteiger partial charge < -0.3 is 5.32 Å². The molecule has 2 aromatic heterocycles. The van der Waals surface area contributed by atoms with E-state index in [0.717, 1.165) is 21.5 Å². The minimum Gasteiger partial charge on any atom is -0.324 e. The number of aromatic nitrogens is 3. The van der Waals surface area contributed by atoms with Crippen molar-refractivity contribution in [3.63, 3.8) is 0 Å². The normalized spacial score (nSPS) is 10.7. The van der Waals surface area contributed by atoms with Gasteiger partial charge in [0.1, 0.15) is 12.1 Å². The van der Waals surface area contributed by atoms with Crippen molar-refractivity contribution in [1.82, 2.24) is 14.8 Å². The van der Waals surface area contributed by atoms with Crippen molar-refractivity contribution in [3.8, 4) is 0 Å². The van der Waals surface area contributed by atoms with Crippen LogP contribution in [0.3, 0.4) is 0 Å². The number of nitrogens with one attached hydrogen (secondary N) is 1. The van der Waals surface area contributed by atoms with Gasteiger partial charge in [0.25, 0.3) is 5.56 Å². The maximum Gasteiger partial charge on any atom is 0.293 e. The van der Waals surface area contributed by atoms with Crippen LogP contribution in [0.25, 0.3) is 10.9 Å². The summed E-state index contributed by atoms with van der Waals surface area (Å²) < 4.78 is 1.12. The van der Waals surface area contributed by atoms with Crippen LogP contribution >= 0.6 is 0 Å². The van der Waals surface area contributed by atoms with Gasteiger partial charge in [0.2, 0.25) is 5.91 Å². The first-order valence-corrected chi connectivity index (χ1v) is 7.22. The van der Waals surface area contributed by atoms with Crippen molar-refractivity contribution in [2.75, 3.05) is 5.32 Å². The van der Waals surface area contributed by atoms with Crippen LogP contribution in [0.2, 0.25) is 0 Å². The number of hydrogen-bond donors (Lipinski definition) is 1. The van der Waals surface area contributed by atoms with Crippen LogP contribution in [0.15, 0.2) is 47.5 Å². The third kappa shape index (κ3) is 3.11. The van der Waals surface area contributed by atoms with E-state index in [0.29, 0.717) is 10.9 Å². The van der Waals surface area contributed by atoms with Gasteiger partial charge in [-0.25, -0.2) is 4.68 Å². The van der Waals surface area contributed by atoms with E-state index in [2.05, 4.69) is 15.4 Å². The number of aryl methyl sites for hydroxylation is 2. The number of carbonyl (C=O) groups is 1. The van der Waals surface area contributed by atoms with Crippen LogP contribution in [0.1, 0.15) is 11.1 Å². The van der Waals surface area contributed by atoms with Crippen LogP contribution in [0.4, 0.5) is 5.69 Å². The summed E-state index contributed by atoms with van der Waals surface area (Å²) in [6, 6.07) is 9.26. The molecule has 1 N–H and O–H groups in total. The van der Waals surface area contributed by atoms with Gasteiger partial charge in [0.05, 0.1) is 6.20 Å². The van der Waals surface area contributed by atoms with Gasteiger partial charge in [0.15, 0.2) is 0 Å². The number of nitrogens with zero attached hydrogens (tertiary/aromatic N) is 3. The van der Waals surface area contributed by atoms with Gasteiger partial charge in [-0.05, 0) is 37.6 Å². The quantitative estimate of drug-likeness (QED) is 0.803. The Labute approximate surface area is 132 Å². The molecular formula is C17H16N4O2. The predicted molar refractivity (Wildman–Crippen MR) is 88.3 cm³/mol. The zero-order chi connectivity index (χ0) is 16.4. The van der Waals surface area contributed by atoms with Crippen LogP contribution in [0.5, 0.6) is 0 Å². The maximum absolute atomic E-state index is 12.3. The number of hydrogen-bond acceptors (Lipinski definition) is 4. The van der Waals surface area contributed by atoms with E-state index < -0.39 is 0 Å². The average molecular weight is 308 g/mol. The molecule has 0 bridgehead atoms. The smallest absolute Gasteiger partial charge is 0.293 e. The van der Waals surface area contributed by atoms with Crippen molar-refractivity contribution in [3.05, 3.63) is 64.2 Å². The Hall–Kier alpha value is -3.02. The van der Waals surface area contributed by atoms with Crippen molar-refractivity contribution in [2.24, 2.45) is 0 Å². The molecule has 0 atom stereocenters. The number of carbonyl (C=O) groups excluding carboxylic acids is 1. The van der Waals surface area contributed by atoms with Gasteiger partial charge in [-0.1, -0.05) is 17.7 Å². The van der Waals surface area contributed by atoms with Crippen molar-refractivity contribution < 1.29 is 4.79 Å². The highest BCUT2D eigenvalue weighted by atomic mass is 16.2. The molecule has 0 radical (unpaired) electrons. The maximum atomic E-state index is 12.3. The van der Waals surface area contributed by atoms with Gasteiger partial charge in [-0.3, -0.25) is 14.6 Å². The van der Waals surface area contributed by atoms with Crippen LogP contribution < -0.4 is 10.9 Å². The zero-order valence-electron chi connectivity index (χ0n) is 12.9. The Morgan fingerprint density at radius 3 is 2.87 bits per heavy atom. The summed E-state index contributed by atoms with van der Waals surface area (Å²) in [6.07, 6.45) is 3.08. The summed E-state index contributed by atoms with van der Waals surface area (Å²) >= 11 is 0. The molecule has 0 fully saturated rings. The molecule has 0 aliphatic rings. The molecule has 3 aromatic rings. The highest BCUT2D eigenvalue weighted by molar-refractivity contribution is 5.91. The molecule has 23 heavy (non-hydrogen) atoms. The van der Waals surface area contributed by atoms with Crippen molar-refractivity contribution >= 4 is 22.5 Å². The summed E-state index contributed by atoms with van der Waals surface area (Å²) in [5.74, 6) is -0.304. The van der Waals surface area contributed by atoms with E-state index >= 15 is 0 Å². The lowest BCUT2D eigenvalue weighted by Crippen LogP contribution is -2.30. The van der Waals surface area contributed by atoms with Gasteiger partial charge in [0, 0.05) is 17.3 Å². The van der Waals surface area contributed by atoms with E-state index in [4.69, 9.17) is 0 Å². The van der Waals surface area contributed by atoms with Crippen molar-refractivity contribution in [2.45, 2.75) is 20.4 Å². The lowest BCUT2D eigenvalue weighted by molar-refractivity contribution is -0.117. The molecule has 6 nitrogen and oxygen atoms in total. The van der Waals surface area contributed by atoms with Gasteiger partial charge >= 0.3 is 0 Å². The summed E-state index contributed by atoms with van der Waals surface area (Å²) in [4.78, 5) is 28.5.